The predicted octanol–water partition coefficient (Wildman–Crippen LogP) is 4.52. The van der Waals surface area contributed by atoms with E-state index in [1.165, 1.54) is 25.7 Å². The summed E-state index contributed by atoms with van der Waals surface area (Å²) >= 11 is 0. The van der Waals surface area contributed by atoms with Gasteiger partial charge in [-0.05, 0) is 25.2 Å². The van der Waals surface area contributed by atoms with Gasteiger partial charge in [-0.1, -0.05) is 78.1 Å². The van der Waals surface area contributed by atoms with Crippen molar-refractivity contribution in [2.75, 3.05) is 0 Å². The second-order valence-electron chi connectivity index (χ2n) is 7.04. The first-order chi connectivity index (χ1) is 11.0. The fourth-order valence-electron chi connectivity index (χ4n) is 2.95. The van der Waals surface area contributed by atoms with Crippen LogP contribution in [-0.4, -0.2) is 33.5 Å². The van der Waals surface area contributed by atoms with Crippen LogP contribution >= 0.6 is 0 Å². The van der Waals surface area contributed by atoms with Gasteiger partial charge in [0.2, 0.25) is 0 Å². The Morgan fingerprint density at radius 3 is 1.83 bits per heavy atom. The highest BCUT2D eigenvalue weighted by molar-refractivity contribution is 5.71. The Morgan fingerprint density at radius 2 is 1.30 bits per heavy atom. The first-order valence-corrected chi connectivity index (χ1v) is 9.56. The molecule has 4 nitrogen and oxygen atoms in total. The predicted molar refractivity (Wildman–Crippen MR) is 94.5 cm³/mol. The summed E-state index contributed by atoms with van der Waals surface area (Å²) in [5, 5.41) is 27.8. The van der Waals surface area contributed by atoms with Crippen molar-refractivity contribution in [2.24, 2.45) is 5.92 Å². The Bertz CT molecular complexity index is 281. The number of carbonyl (C=O) groups is 1. The van der Waals surface area contributed by atoms with Gasteiger partial charge in [0.1, 0.15) is 0 Å². The molecule has 0 aliphatic heterocycles. The molecule has 0 aromatic heterocycles. The molecule has 0 rings (SSSR count). The lowest BCUT2D eigenvalue weighted by atomic mass is 9.96. The Balaban J connectivity index is 3.37. The molecule has 0 aliphatic rings. The summed E-state index contributed by atoms with van der Waals surface area (Å²) in [6.45, 7) is 4.20. The number of hydrogen-bond acceptors (Lipinski definition) is 3. The van der Waals surface area contributed by atoms with Crippen molar-refractivity contribution in [1.82, 2.24) is 0 Å². The standard InChI is InChI=1S/C19H38O4/c1-3-4-5-10-13-17(20)14-11-8-6-7-9-12-16(2)15-18(21)19(22)23/h16-18,20-21H,3-15H2,1-2H3,(H,22,23). The number of unbranched alkanes of at least 4 members (excludes halogenated alkanes) is 7. The van der Waals surface area contributed by atoms with Crippen molar-refractivity contribution in [2.45, 2.75) is 110 Å². The van der Waals surface area contributed by atoms with Crippen LogP contribution in [0.5, 0.6) is 0 Å². The molecule has 3 unspecified atom stereocenters. The number of carboxylic acid groups (broad SMARTS) is 1. The number of aliphatic hydroxyl groups is 2. The van der Waals surface area contributed by atoms with Gasteiger partial charge in [-0.15, -0.1) is 0 Å². The van der Waals surface area contributed by atoms with Gasteiger partial charge in [-0.2, -0.15) is 0 Å². The zero-order valence-electron chi connectivity index (χ0n) is 15.2. The van der Waals surface area contributed by atoms with E-state index in [1.54, 1.807) is 0 Å². The minimum absolute atomic E-state index is 0.121. The first kappa shape index (κ1) is 22.4. The maximum absolute atomic E-state index is 10.6. The summed E-state index contributed by atoms with van der Waals surface area (Å²) in [7, 11) is 0. The van der Waals surface area contributed by atoms with Gasteiger partial charge in [0.15, 0.2) is 6.10 Å². The highest BCUT2D eigenvalue weighted by atomic mass is 16.4. The van der Waals surface area contributed by atoms with E-state index in [9.17, 15) is 15.0 Å². The zero-order valence-corrected chi connectivity index (χ0v) is 15.2. The Morgan fingerprint density at radius 1 is 0.826 bits per heavy atom. The number of aliphatic carboxylic acids is 1. The van der Waals surface area contributed by atoms with Gasteiger partial charge < -0.3 is 15.3 Å². The average molecular weight is 331 g/mol. The van der Waals surface area contributed by atoms with E-state index < -0.39 is 12.1 Å². The van der Waals surface area contributed by atoms with Crippen LogP contribution in [0, 0.1) is 5.92 Å². The van der Waals surface area contributed by atoms with Gasteiger partial charge in [-0.3, -0.25) is 0 Å². The fourth-order valence-corrected chi connectivity index (χ4v) is 2.95. The van der Waals surface area contributed by atoms with Crippen LogP contribution in [0.25, 0.3) is 0 Å². The second-order valence-corrected chi connectivity index (χ2v) is 7.04. The van der Waals surface area contributed by atoms with Gasteiger partial charge in [0.25, 0.3) is 0 Å². The van der Waals surface area contributed by atoms with Crippen LogP contribution in [0.15, 0.2) is 0 Å². The molecule has 0 heterocycles. The monoisotopic (exact) mass is 330 g/mol. The molecule has 0 radical (unpaired) electrons. The fraction of sp³-hybridized carbons (Fsp3) is 0.947. The molecule has 0 spiro atoms. The van der Waals surface area contributed by atoms with Gasteiger partial charge in [-0.25, -0.2) is 4.79 Å². The van der Waals surface area contributed by atoms with Crippen LogP contribution in [0.1, 0.15) is 97.3 Å². The smallest absolute Gasteiger partial charge is 0.332 e. The summed E-state index contributed by atoms with van der Waals surface area (Å²) in [4.78, 5) is 10.6. The number of aliphatic hydroxyl groups excluding tert-OH is 2. The summed E-state index contributed by atoms with van der Waals surface area (Å²) in [6, 6.07) is 0. The van der Waals surface area contributed by atoms with E-state index in [0.717, 1.165) is 51.4 Å². The molecule has 0 saturated carbocycles. The lowest BCUT2D eigenvalue weighted by Crippen LogP contribution is -2.22. The van der Waals surface area contributed by atoms with Crippen LogP contribution in [-0.2, 0) is 4.79 Å². The summed E-state index contributed by atoms with van der Waals surface area (Å²) in [6.07, 6.45) is 12.4. The second kappa shape index (κ2) is 14.9. The lowest BCUT2D eigenvalue weighted by molar-refractivity contribution is -0.147. The Hall–Kier alpha value is -0.610. The molecule has 0 aromatic carbocycles. The Labute approximate surface area is 142 Å². The normalized spacial score (nSPS) is 15.3. The van der Waals surface area contributed by atoms with Gasteiger partial charge in [0.05, 0.1) is 6.10 Å². The molecule has 3 N–H and O–H groups in total. The van der Waals surface area contributed by atoms with E-state index in [1.807, 2.05) is 6.92 Å². The lowest BCUT2D eigenvalue weighted by Gasteiger charge is -2.13. The molecular formula is C19H38O4. The molecule has 0 saturated heterocycles. The SMILES string of the molecule is CCCCCCC(O)CCCCCCCC(C)CC(O)C(=O)O. The van der Waals surface area contributed by atoms with Crippen molar-refractivity contribution >= 4 is 5.97 Å². The number of hydrogen-bond donors (Lipinski definition) is 3. The summed E-state index contributed by atoms with van der Waals surface area (Å²) in [5.74, 6) is -0.865. The average Bonchev–Trinajstić information content (AvgIpc) is 2.50. The van der Waals surface area contributed by atoms with E-state index in [-0.39, 0.29) is 12.0 Å². The maximum atomic E-state index is 10.6. The van der Waals surface area contributed by atoms with Crippen molar-refractivity contribution < 1.29 is 20.1 Å². The molecular weight excluding hydrogens is 292 g/mol. The molecule has 4 heteroatoms. The molecule has 138 valence electrons. The van der Waals surface area contributed by atoms with E-state index >= 15 is 0 Å². The van der Waals surface area contributed by atoms with E-state index in [2.05, 4.69) is 6.92 Å². The highest BCUT2D eigenvalue weighted by Gasteiger charge is 2.16. The largest absolute Gasteiger partial charge is 0.479 e. The van der Waals surface area contributed by atoms with Crippen LogP contribution < -0.4 is 0 Å². The third-order valence-corrected chi connectivity index (χ3v) is 4.54. The van der Waals surface area contributed by atoms with Crippen LogP contribution in [0.2, 0.25) is 0 Å². The summed E-state index contributed by atoms with van der Waals surface area (Å²) in [5.41, 5.74) is 0. The molecule has 3 atom stereocenters. The maximum Gasteiger partial charge on any atom is 0.332 e. The van der Waals surface area contributed by atoms with Crippen LogP contribution in [0.4, 0.5) is 0 Å². The van der Waals surface area contributed by atoms with Gasteiger partial charge >= 0.3 is 5.97 Å². The highest BCUT2D eigenvalue weighted by Crippen LogP contribution is 2.17. The molecule has 0 aromatic rings. The van der Waals surface area contributed by atoms with Crippen molar-refractivity contribution in [1.29, 1.82) is 0 Å². The molecule has 0 bridgehead atoms. The third kappa shape index (κ3) is 14.7. The van der Waals surface area contributed by atoms with Crippen molar-refractivity contribution in [3.05, 3.63) is 0 Å². The summed E-state index contributed by atoms with van der Waals surface area (Å²) < 4.78 is 0. The molecule has 0 fully saturated rings. The van der Waals surface area contributed by atoms with Crippen molar-refractivity contribution in [3.63, 3.8) is 0 Å². The Kier molecular flexibility index (Phi) is 14.6. The molecule has 0 amide bonds. The van der Waals surface area contributed by atoms with E-state index in [4.69, 9.17) is 5.11 Å². The molecule has 23 heavy (non-hydrogen) atoms. The minimum Gasteiger partial charge on any atom is -0.479 e. The number of rotatable bonds is 16. The minimum atomic E-state index is -1.22. The van der Waals surface area contributed by atoms with E-state index in [0.29, 0.717) is 6.42 Å². The zero-order chi connectivity index (χ0) is 17.5. The number of carboxylic acids is 1. The van der Waals surface area contributed by atoms with Crippen LogP contribution in [0.3, 0.4) is 0 Å². The quantitative estimate of drug-likeness (QED) is 0.364. The first-order valence-electron chi connectivity index (χ1n) is 9.56. The molecule has 0 aliphatic carbocycles. The topological polar surface area (TPSA) is 77.8 Å². The third-order valence-electron chi connectivity index (χ3n) is 4.54. The van der Waals surface area contributed by atoms with Crippen molar-refractivity contribution in [3.8, 4) is 0 Å². The van der Waals surface area contributed by atoms with Gasteiger partial charge in [0, 0.05) is 0 Å².